The fourth-order valence-corrected chi connectivity index (χ4v) is 5.61. The SMILES string of the molecule is Cc1cccc(C(=O)N2C3CCC2C2C3N2c2ccc(Br)cn2)c1-c1ncco1. The van der Waals surface area contributed by atoms with Crippen molar-refractivity contribution in [2.24, 2.45) is 0 Å². The van der Waals surface area contributed by atoms with E-state index in [1.807, 2.05) is 37.4 Å². The third kappa shape index (κ3) is 2.43. The summed E-state index contributed by atoms with van der Waals surface area (Å²) in [6.07, 6.45) is 7.10. The Morgan fingerprint density at radius 3 is 2.59 bits per heavy atom. The van der Waals surface area contributed by atoms with E-state index < -0.39 is 0 Å². The first-order valence-corrected chi connectivity index (χ1v) is 10.7. The third-order valence-electron chi connectivity index (χ3n) is 6.52. The number of hydrogen-bond donors (Lipinski definition) is 0. The number of rotatable bonds is 3. The molecule has 0 N–H and O–H groups in total. The van der Waals surface area contributed by atoms with E-state index in [-0.39, 0.29) is 18.0 Å². The van der Waals surface area contributed by atoms with Crippen molar-refractivity contribution in [1.29, 1.82) is 0 Å². The van der Waals surface area contributed by atoms with Gasteiger partial charge in [-0.3, -0.25) is 4.79 Å². The number of carbonyl (C=O) groups is 1. The molecule has 146 valence electrons. The summed E-state index contributed by atoms with van der Waals surface area (Å²) in [5.41, 5.74) is 2.48. The Hall–Kier alpha value is -2.67. The molecule has 6 nitrogen and oxygen atoms in total. The second-order valence-corrected chi connectivity index (χ2v) is 8.90. The van der Waals surface area contributed by atoms with Crippen molar-refractivity contribution in [2.75, 3.05) is 4.90 Å². The summed E-state index contributed by atoms with van der Waals surface area (Å²) in [7, 11) is 0. The van der Waals surface area contributed by atoms with Gasteiger partial charge < -0.3 is 14.2 Å². The average molecular weight is 451 g/mol. The number of oxazole rings is 1. The fraction of sp³-hybridized carbons (Fsp3) is 0.318. The number of halogens is 1. The Morgan fingerprint density at radius 2 is 1.93 bits per heavy atom. The van der Waals surface area contributed by atoms with Gasteiger partial charge in [0, 0.05) is 10.7 Å². The molecule has 0 spiro atoms. The van der Waals surface area contributed by atoms with Gasteiger partial charge in [0.05, 0.1) is 41.5 Å². The zero-order chi connectivity index (χ0) is 19.7. The van der Waals surface area contributed by atoms with Gasteiger partial charge in [-0.1, -0.05) is 12.1 Å². The number of fused-ring (bicyclic) bond motifs is 5. The van der Waals surface area contributed by atoms with Gasteiger partial charge in [-0.05, 0) is 59.5 Å². The van der Waals surface area contributed by atoms with E-state index in [0.29, 0.717) is 23.5 Å². The predicted molar refractivity (Wildman–Crippen MR) is 112 cm³/mol. The molecule has 4 unspecified atom stereocenters. The van der Waals surface area contributed by atoms with Crippen molar-refractivity contribution in [3.63, 3.8) is 0 Å². The molecule has 3 aliphatic heterocycles. The maximum Gasteiger partial charge on any atom is 0.255 e. The third-order valence-corrected chi connectivity index (χ3v) is 6.99. The van der Waals surface area contributed by atoms with Crippen LogP contribution in [0.2, 0.25) is 0 Å². The first-order valence-electron chi connectivity index (χ1n) is 9.87. The molecule has 5 heterocycles. The van der Waals surface area contributed by atoms with Crippen molar-refractivity contribution in [2.45, 2.75) is 43.9 Å². The van der Waals surface area contributed by atoms with Crippen LogP contribution in [0.25, 0.3) is 11.5 Å². The highest BCUT2D eigenvalue weighted by Crippen LogP contribution is 2.54. The van der Waals surface area contributed by atoms with Gasteiger partial charge in [-0.2, -0.15) is 0 Å². The van der Waals surface area contributed by atoms with E-state index in [2.05, 4.69) is 41.8 Å². The number of carbonyl (C=O) groups excluding carboxylic acids is 1. The Morgan fingerprint density at radius 1 is 1.14 bits per heavy atom. The lowest BCUT2D eigenvalue weighted by Gasteiger charge is -2.29. The van der Waals surface area contributed by atoms with E-state index in [0.717, 1.165) is 34.3 Å². The van der Waals surface area contributed by atoms with Crippen molar-refractivity contribution in [1.82, 2.24) is 14.9 Å². The van der Waals surface area contributed by atoms with Gasteiger partial charge in [0.15, 0.2) is 0 Å². The lowest BCUT2D eigenvalue weighted by molar-refractivity contribution is 0.0712. The molecule has 4 atom stereocenters. The average Bonchev–Trinajstić information content (AvgIpc) is 3.07. The number of benzene rings is 1. The van der Waals surface area contributed by atoms with E-state index in [1.165, 1.54) is 0 Å². The first-order chi connectivity index (χ1) is 14.1. The standard InChI is InChI=1S/C22H19BrN4O2/c1-12-3-2-4-14(18(12)21-24-9-10-29-21)22(28)26-15-6-7-16(26)20-19(15)27(20)17-8-5-13(23)11-25-17/h2-5,8-11,15-16,19-20H,6-7H2,1H3. The number of nitrogens with zero attached hydrogens (tertiary/aromatic N) is 4. The number of aryl methyl sites for hydroxylation is 1. The minimum Gasteiger partial charge on any atom is -0.444 e. The molecule has 3 saturated heterocycles. The van der Waals surface area contributed by atoms with Crippen LogP contribution < -0.4 is 4.90 Å². The van der Waals surface area contributed by atoms with Gasteiger partial charge in [-0.15, -0.1) is 0 Å². The minimum absolute atomic E-state index is 0.0883. The smallest absolute Gasteiger partial charge is 0.255 e. The second kappa shape index (κ2) is 6.16. The second-order valence-electron chi connectivity index (χ2n) is 7.98. The van der Waals surface area contributed by atoms with E-state index in [4.69, 9.17) is 4.42 Å². The molecule has 0 aliphatic carbocycles. The number of anilines is 1. The number of hydrogen-bond acceptors (Lipinski definition) is 5. The molecule has 29 heavy (non-hydrogen) atoms. The molecule has 0 saturated carbocycles. The number of aromatic nitrogens is 2. The van der Waals surface area contributed by atoms with Crippen LogP contribution in [0.3, 0.4) is 0 Å². The van der Waals surface area contributed by atoms with E-state index in [9.17, 15) is 4.79 Å². The van der Waals surface area contributed by atoms with Crippen LogP contribution in [0.5, 0.6) is 0 Å². The molecular weight excluding hydrogens is 432 g/mol. The largest absolute Gasteiger partial charge is 0.444 e. The Kier molecular flexibility index (Phi) is 3.66. The van der Waals surface area contributed by atoms with Crippen LogP contribution in [-0.4, -0.2) is 44.9 Å². The summed E-state index contributed by atoms with van der Waals surface area (Å²) in [6.45, 7) is 1.99. The van der Waals surface area contributed by atoms with Gasteiger partial charge in [0.2, 0.25) is 5.89 Å². The predicted octanol–water partition coefficient (Wildman–Crippen LogP) is 4.05. The molecule has 2 bridgehead atoms. The zero-order valence-electron chi connectivity index (χ0n) is 15.8. The van der Waals surface area contributed by atoms with Gasteiger partial charge in [0.1, 0.15) is 12.1 Å². The van der Waals surface area contributed by atoms with Crippen molar-refractivity contribution < 1.29 is 9.21 Å². The monoisotopic (exact) mass is 450 g/mol. The summed E-state index contributed by atoms with van der Waals surface area (Å²) >= 11 is 3.45. The molecule has 6 rings (SSSR count). The molecule has 1 amide bonds. The highest BCUT2D eigenvalue weighted by atomic mass is 79.9. The number of piperazine rings is 1. The van der Waals surface area contributed by atoms with Crippen LogP contribution in [0.1, 0.15) is 28.8 Å². The summed E-state index contributed by atoms with van der Waals surface area (Å²) in [6, 6.07) is 11.1. The van der Waals surface area contributed by atoms with Crippen LogP contribution in [0.15, 0.2) is 57.9 Å². The molecule has 3 aliphatic rings. The molecule has 3 fully saturated rings. The summed E-state index contributed by atoms with van der Waals surface area (Å²) in [5, 5.41) is 0. The van der Waals surface area contributed by atoms with Crippen LogP contribution >= 0.6 is 15.9 Å². The van der Waals surface area contributed by atoms with Crippen molar-refractivity contribution in [3.8, 4) is 11.5 Å². The highest BCUT2D eigenvalue weighted by Gasteiger charge is 2.69. The lowest BCUT2D eigenvalue weighted by Crippen LogP contribution is -2.43. The Bertz CT molecular complexity index is 1080. The van der Waals surface area contributed by atoms with Gasteiger partial charge >= 0.3 is 0 Å². The first kappa shape index (κ1) is 17.2. The molecule has 3 aromatic rings. The molecular formula is C22H19BrN4O2. The molecule has 1 aromatic carbocycles. The topological polar surface area (TPSA) is 62.2 Å². The Balaban J connectivity index is 1.32. The summed E-state index contributed by atoms with van der Waals surface area (Å²) in [5.74, 6) is 1.59. The van der Waals surface area contributed by atoms with E-state index in [1.54, 1.807) is 12.5 Å². The molecule has 7 heteroatoms. The zero-order valence-corrected chi connectivity index (χ0v) is 17.4. The van der Waals surface area contributed by atoms with Crippen LogP contribution in [-0.2, 0) is 0 Å². The maximum absolute atomic E-state index is 13.6. The molecule has 2 aromatic heterocycles. The fourth-order valence-electron chi connectivity index (χ4n) is 5.37. The normalized spacial score (nSPS) is 26.7. The summed E-state index contributed by atoms with van der Waals surface area (Å²) in [4.78, 5) is 27.0. The van der Waals surface area contributed by atoms with E-state index >= 15 is 0 Å². The number of pyridine rings is 1. The Labute approximate surface area is 176 Å². The maximum atomic E-state index is 13.6. The lowest BCUT2D eigenvalue weighted by atomic mass is 10.0. The van der Waals surface area contributed by atoms with Crippen molar-refractivity contribution >= 4 is 27.7 Å². The molecule has 0 radical (unpaired) electrons. The number of amides is 1. The van der Waals surface area contributed by atoms with Gasteiger partial charge in [-0.25, -0.2) is 9.97 Å². The highest BCUT2D eigenvalue weighted by molar-refractivity contribution is 9.10. The van der Waals surface area contributed by atoms with Gasteiger partial charge in [0.25, 0.3) is 5.91 Å². The van der Waals surface area contributed by atoms with Crippen LogP contribution in [0, 0.1) is 6.92 Å². The summed E-state index contributed by atoms with van der Waals surface area (Å²) < 4.78 is 6.51. The quantitative estimate of drug-likeness (QED) is 0.563. The van der Waals surface area contributed by atoms with Crippen LogP contribution in [0.4, 0.5) is 5.82 Å². The minimum atomic E-state index is 0.0883. The van der Waals surface area contributed by atoms with Crippen molar-refractivity contribution in [3.05, 3.63) is 64.6 Å².